The highest BCUT2D eigenvalue weighted by atomic mass is 79.9. The predicted molar refractivity (Wildman–Crippen MR) is 83.0 cm³/mol. The zero-order chi connectivity index (χ0) is 14.0. The van der Waals surface area contributed by atoms with Crippen molar-refractivity contribution in [2.75, 3.05) is 5.32 Å². The van der Waals surface area contributed by atoms with Gasteiger partial charge < -0.3 is 5.32 Å². The van der Waals surface area contributed by atoms with Crippen molar-refractivity contribution >= 4 is 39.1 Å². The molecule has 0 saturated heterocycles. The predicted octanol–water partition coefficient (Wildman–Crippen LogP) is 4.97. The summed E-state index contributed by atoms with van der Waals surface area (Å²) in [6, 6.07) is 11.0. The lowest BCUT2D eigenvalue weighted by Crippen LogP contribution is -2.13. The third kappa shape index (κ3) is 3.17. The van der Waals surface area contributed by atoms with Gasteiger partial charge in [0.25, 0.3) is 5.91 Å². The summed E-state index contributed by atoms with van der Waals surface area (Å²) in [6.07, 6.45) is 0. The lowest BCUT2D eigenvalue weighted by Gasteiger charge is -2.09. The number of hydrogen-bond donors (Lipinski definition) is 1. The maximum Gasteiger partial charge on any atom is 0.255 e. The summed E-state index contributed by atoms with van der Waals surface area (Å²) in [6.45, 7) is 3.81. The summed E-state index contributed by atoms with van der Waals surface area (Å²) in [4.78, 5) is 12.2. The molecule has 0 atom stereocenters. The van der Waals surface area contributed by atoms with E-state index in [4.69, 9.17) is 11.6 Å². The van der Waals surface area contributed by atoms with Crippen molar-refractivity contribution in [2.45, 2.75) is 13.8 Å². The van der Waals surface area contributed by atoms with Gasteiger partial charge in [0, 0.05) is 20.7 Å². The van der Waals surface area contributed by atoms with E-state index < -0.39 is 0 Å². The van der Waals surface area contributed by atoms with Gasteiger partial charge >= 0.3 is 0 Å². The molecule has 0 radical (unpaired) electrons. The molecule has 0 bridgehead atoms. The normalized spacial score (nSPS) is 10.3. The van der Waals surface area contributed by atoms with Gasteiger partial charge in [0.1, 0.15) is 0 Å². The molecule has 2 aromatic rings. The van der Waals surface area contributed by atoms with E-state index >= 15 is 0 Å². The largest absolute Gasteiger partial charge is 0.322 e. The average molecular weight is 339 g/mol. The van der Waals surface area contributed by atoms with Crippen LogP contribution in [0, 0.1) is 13.8 Å². The molecule has 19 heavy (non-hydrogen) atoms. The van der Waals surface area contributed by atoms with Gasteiger partial charge in [-0.1, -0.05) is 33.6 Å². The quantitative estimate of drug-likeness (QED) is 0.823. The number of rotatable bonds is 2. The van der Waals surface area contributed by atoms with E-state index in [2.05, 4.69) is 21.2 Å². The molecule has 0 aliphatic rings. The number of carbonyl (C=O) groups is 1. The molecule has 0 unspecified atom stereocenters. The highest BCUT2D eigenvalue weighted by Gasteiger charge is 2.11. The minimum atomic E-state index is -0.151. The second-order valence-electron chi connectivity index (χ2n) is 4.33. The number of anilines is 1. The van der Waals surface area contributed by atoms with Crippen LogP contribution in [0.1, 0.15) is 21.5 Å². The minimum Gasteiger partial charge on any atom is -0.322 e. The first-order valence-corrected chi connectivity index (χ1v) is 6.99. The summed E-state index contributed by atoms with van der Waals surface area (Å²) in [5.74, 6) is -0.151. The zero-order valence-corrected chi connectivity index (χ0v) is 13.0. The van der Waals surface area contributed by atoms with Gasteiger partial charge in [-0.3, -0.25) is 4.79 Å². The molecule has 98 valence electrons. The second-order valence-corrected chi connectivity index (χ2v) is 5.59. The Bertz CT molecular complexity index is 640. The molecule has 0 fully saturated rings. The summed E-state index contributed by atoms with van der Waals surface area (Å²) >= 11 is 9.45. The molecule has 0 aromatic heterocycles. The first-order valence-electron chi connectivity index (χ1n) is 5.81. The number of halogens is 2. The number of amides is 1. The zero-order valence-electron chi connectivity index (χ0n) is 10.6. The molecular formula is C15H13BrClNO. The fourth-order valence-corrected chi connectivity index (χ4v) is 2.20. The standard InChI is InChI=1S/C15H13BrClNO/c1-9-8-11(6-7-13(9)16)18-15(19)12-4-3-5-14(17)10(12)2/h3-8H,1-2H3,(H,18,19). The Morgan fingerprint density at radius 3 is 2.63 bits per heavy atom. The molecule has 0 heterocycles. The van der Waals surface area contributed by atoms with Crippen LogP contribution in [0.2, 0.25) is 5.02 Å². The van der Waals surface area contributed by atoms with Crippen LogP contribution in [0.3, 0.4) is 0 Å². The van der Waals surface area contributed by atoms with Crippen molar-refractivity contribution in [3.63, 3.8) is 0 Å². The lowest BCUT2D eigenvalue weighted by atomic mass is 10.1. The van der Waals surface area contributed by atoms with Crippen molar-refractivity contribution < 1.29 is 4.79 Å². The van der Waals surface area contributed by atoms with Crippen molar-refractivity contribution in [3.05, 3.63) is 62.6 Å². The Morgan fingerprint density at radius 1 is 1.21 bits per heavy atom. The van der Waals surface area contributed by atoms with Crippen LogP contribution in [-0.4, -0.2) is 5.91 Å². The molecule has 4 heteroatoms. The average Bonchev–Trinajstić information content (AvgIpc) is 2.37. The first-order chi connectivity index (χ1) is 8.99. The van der Waals surface area contributed by atoms with Gasteiger partial charge in [0.2, 0.25) is 0 Å². The highest BCUT2D eigenvalue weighted by molar-refractivity contribution is 9.10. The van der Waals surface area contributed by atoms with Gasteiger partial charge in [-0.25, -0.2) is 0 Å². The Labute approximate surface area is 125 Å². The van der Waals surface area contributed by atoms with E-state index in [0.29, 0.717) is 10.6 Å². The monoisotopic (exact) mass is 337 g/mol. The van der Waals surface area contributed by atoms with Crippen molar-refractivity contribution in [3.8, 4) is 0 Å². The van der Waals surface area contributed by atoms with Gasteiger partial charge in [-0.15, -0.1) is 0 Å². The molecule has 1 N–H and O–H groups in total. The Balaban J connectivity index is 2.26. The van der Waals surface area contributed by atoms with Crippen LogP contribution in [-0.2, 0) is 0 Å². The van der Waals surface area contributed by atoms with Crippen molar-refractivity contribution in [1.82, 2.24) is 0 Å². The van der Waals surface area contributed by atoms with Crippen LogP contribution < -0.4 is 5.32 Å². The van der Waals surface area contributed by atoms with Crippen LogP contribution >= 0.6 is 27.5 Å². The fraction of sp³-hybridized carbons (Fsp3) is 0.133. The van der Waals surface area contributed by atoms with E-state index in [1.807, 2.05) is 32.0 Å². The van der Waals surface area contributed by atoms with Crippen LogP contribution in [0.25, 0.3) is 0 Å². The molecule has 0 aliphatic carbocycles. The van der Waals surface area contributed by atoms with E-state index in [1.165, 1.54) is 0 Å². The van der Waals surface area contributed by atoms with Gasteiger partial charge in [-0.05, 0) is 55.3 Å². The van der Waals surface area contributed by atoms with Crippen LogP contribution in [0.15, 0.2) is 40.9 Å². The molecule has 2 aromatic carbocycles. The number of carbonyl (C=O) groups excluding carboxylic acids is 1. The first kappa shape index (κ1) is 14.1. The molecular weight excluding hydrogens is 326 g/mol. The Morgan fingerprint density at radius 2 is 1.95 bits per heavy atom. The van der Waals surface area contributed by atoms with Gasteiger partial charge in [-0.2, -0.15) is 0 Å². The van der Waals surface area contributed by atoms with Crippen molar-refractivity contribution in [2.24, 2.45) is 0 Å². The second kappa shape index (κ2) is 5.76. The summed E-state index contributed by atoms with van der Waals surface area (Å²) in [5.41, 5.74) is 3.22. The maximum absolute atomic E-state index is 12.2. The topological polar surface area (TPSA) is 29.1 Å². The molecule has 0 aliphatic heterocycles. The van der Waals surface area contributed by atoms with E-state index in [9.17, 15) is 4.79 Å². The Kier molecular flexibility index (Phi) is 4.27. The third-order valence-corrected chi connectivity index (χ3v) is 4.23. The van der Waals surface area contributed by atoms with Crippen LogP contribution in [0.4, 0.5) is 5.69 Å². The van der Waals surface area contributed by atoms with Gasteiger partial charge in [0.15, 0.2) is 0 Å². The third-order valence-electron chi connectivity index (χ3n) is 2.93. The Hall–Kier alpha value is -1.32. The highest BCUT2D eigenvalue weighted by Crippen LogP contribution is 2.22. The molecule has 0 saturated carbocycles. The van der Waals surface area contributed by atoms with E-state index in [1.54, 1.807) is 18.2 Å². The number of benzene rings is 2. The summed E-state index contributed by atoms with van der Waals surface area (Å²) in [7, 11) is 0. The molecule has 1 amide bonds. The van der Waals surface area contributed by atoms with Crippen molar-refractivity contribution in [1.29, 1.82) is 0 Å². The smallest absolute Gasteiger partial charge is 0.255 e. The SMILES string of the molecule is Cc1cc(NC(=O)c2cccc(Cl)c2C)ccc1Br. The molecule has 2 nitrogen and oxygen atoms in total. The number of aryl methyl sites for hydroxylation is 1. The number of hydrogen-bond acceptors (Lipinski definition) is 1. The number of nitrogens with one attached hydrogen (secondary N) is 1. The fourth-order valence-electron chi connectivity index (χ4n) is 1.77. The van der Waals surface area contributed by atoms with E-state index in [0.717, 1.165) is 21.3 Å². The lowest BCUT2D eigenvalue weighted by molar-refractivity contribution is 0.102. The molecule has 0 spiro atoms. The van der Waals surface area contributed by atoms with E-state index in [-0.39, 0.29) is 5.91 Å². The minimum absolute atomic E-state index is 0.151. The summed E-state index contributed by atoms with van der Waals surface area (Å²) < 4.78 is 1.02. The van der Waals surface area contributed by atoms with Gasteiger partial charge in [0.05, 0.1) is 0 Å². The van der Waals surface area contributed by atoms with Crippen LogP contribution in [0.5, 0.6) is 0 Å². The molecule has 2 rings (SSSR count). The summed E-state index contributed by atoms with van der Waals surface area (Å²) in [5, 5.41) is 3.47. The maximum atomic E-state index is 12.2.